The third kappa shape index (κ3) is 5.30. The van der Waals surface area contributed by atoms with Crippen molar-refractivity contribution in [3.05, 3.63) is 35.4 Å². The molecule has 0 heterocycles. The molecule has 0 atom stereocenters. The van der Waals surface area contributed by atoms with Gasteiger partial charge in [0.05, 0.1) is 11.3 Å². The molecule has 0 spiro atoms. The molecule has 0 unspecified atom stereocenters. The number of hydrogen-bond acceptors (Lipinski definition) is 3. The van der Waals surface area contributed by atoms with E-state index in [1.807, 2.05) is 0 Å². The van der Waals surface area contributed by atoms with Crippen LogP contribution in [0.5, 0.6) is 0 Å². The number of carboxylic acids is 1. The maximum atomic E-state index is 12.6. The summed E-state index contributed by atoms with van der Waals surface area (Å²) in [5.41, 5.74) is -0.984. The highest BCUT2D eigenvalue weighted by Crippen LogP contribution is 2.30. The van der Waals surface area contributed by atoms with Gasteiger partial charge in [0.1, 0.15) is 6.54 Å². The summed E-state index contributed by atoms with van der Waals surface area (Å²) in [4.78, 5) is 10.7. The first-order chi connectivity index (χ1) is 10.1. The van der Waals surface area contributed by atoms with Gasteiger partial charge in [-0.25, -0.2) is 8.42 Å². The van der Waals surface area contributed by atoms with Gasteiger partial charge in [0, 0.05) is 6.54 Å². The normalized spacial score (nSPS) is 12.6. The predicted octanol–water partition coefficient (Wildman–Crippen LogP) is 2.33. The van der Waals surface area contributed by atoms with E-state index in [4.69, 9.17) is 5.11 Å². The van der Waals surface area contributed by atoms with Crippen LogP contribution in [0.4, 0.5) is 13.2 Å². The Morgan fingerprint density at radius 1 is 1.32 bits per heavy atom. The maximum Gasteiger partial charge on any atom is 0.416 e. The third-order valence-electron chi connectivity index (χ3n) is 2.78. The van der Waals surface area contributed by atoms with E-state index >= 15 is 0 Å². The number of carboxylic acid groups (broad SMARTS) is 1. The van der Waals surface area contributed by atoms with Crippen LogP contribution in [0.3, 0.4) is 0 Å². The Balaban J connectivity index is 3.02. The zero-order chi connectivity index (χ0) is 17.0. The number of carbonyl (C=O) groups is 1. The molecule has 0 aliphatic rings. The summed E-state index contributed by atoms with van der Waals surface area (Å²) < 4.78 is 62.9. The summed E-state index contributed by atoms with van der Waals surface area (Å²) in [6.45, 7) is 0.956. The highest BCUT2D eigenvalue weighted by Gasteiger charge is 2.31. The van der Waals surface area contributed by atoms with E-state index < -0.39 is 40.0 Å². The van der Waals surface area contributed by atoms with Gasteiger partial charge in [-0.05, 0) is 18.1 Å². The average Bonchev–Trinajstić information content (AvgIpc) is 2.36. The lowest BCUT2D eigenvalue weighted by atomic mass is 10.1. The third-order valence-corrected chi connectivity index (χ3v) is 4.58. The molecule has 0 fully saturated rings. The van der Waals surface area contributed by atoms with E-state index in [1.54, 1.807) is 6.92 Å². The highest BCUT2D eigenvalue weighted by atomic mass is 32.2. The fourth-order valence-corrected chi connectivity index (χ4v) is 3.41. The van der Waals surface area contributed by atoms with E-state index in [0.717, 1.165) is 22.5 Å². The van der Waals surface area contributed by atoms with E-state index in [0.29, 0.717) is 6.42 Å². The van der Waals surface area contributed by atoms with Crippen molar-refractivity contribution in [1.29, 1.82) is 0 Å². The quantitative estimate of drug-likeness (QED) is 0.827. The maximum absolute atomic E-state index is 12.6. The summed E-state index contributed by atoms with van der Waals surface area (Å²) in [6.07, 6.45) is -4.17. The predicted molar refractivity (Wildman–Crippen MR) is 73.6 cm³/mol. The molecule has 0 aliphatic heterocycles. The summed E-state index contributed by atoms with van der Waals surface area (Å²) in [5.74, 6) is -1.99. The van der Waals surface area contributed by atoms with Gasteiger partial charge in [0.25, 0.3) is 0 Å². The molecule has 0 radical (unpaired) electrons. The Morgan fingerprint density at radius 3 is 2.45 bits per heavy atom. The summed E-state index contributed by atoms with van der Waals surface area (Å²) in [6, 6.07) is 3.98. The number of nitrogens with zero attached hydrogens (tertiary/aromatic N) is 1. The zero-order valence-electron chi connectivity index (χ0n) is 11.8. The molecule has 1 aromatic rings. The zero-order valence-corrected chi connectivity index (χ0v) is 12.6. The Labute approximate surface area is 126 Å². The average molecular weight is 339 g/mol. The lowest BCUT2D eigenvalue weighted by Gasteiger charge is -2.20. The van der Waals surface area contributed by atoms with Crippen molar-refractivity contribution in [2.75, 3.05) is 13.1 Å². The van der Waals surface area contributed by atoms with E-state index in [2.05, 4.69) is 0 Å². The first kappa shape index (κ1) is 18.4. The molecule has 9 heteroatoms. The van der Waals surface area contributed by atoms with Gasteiger partial charge < -0.3 is 5.11 Å². The van der Waals surface area contributed by atoms with E-state index in [1.165, 1.54) is 6.07 Å². The minimum atomic E-state index is -4.57. The van der Waals surface area contributed by atoms with Crippen molar-refractivity contribution < 1.29 is 31.5 Å². The second-order valence-corrected chi connectivity index (χ2v) is 6.65. The number of aliphatic carboxylic acids is 1. The van der Waals surface area contributed by atoms with Crippen LogP contribution in [0.2, 0.25) is 0 Å². The van der Waals surface area contributed by atoms with Gasteiger partial charge in [-0.15, -0.1) is 0 Å². The molecule has 124 valence electrons. The van der Waals surface area contributed by atoms with Crippen LogP contribution in [-0.4, -0.2) is 36.9 Å². The van der Waals surface area contributed by atoms with Crippen molar-refractivity contribution in [2.45, 2.75) is 25.3 Å². The molecule has 0 aliphatic carbocycles. The van der Waals surface area contributed by atoms with Gasteiger partial charge in [-0.3, -0.25) is 4.79 Å². The van der Waals surface area contributed by atoms with Crippen molar-refractivity contribution in [3.8, 4) is 0 Å². The Kier molecular flexibility index (Phi) is 5.95. The number of benzene rings is 1. The van der Waals surface area contributed by atoms with Crippen LogP contribution in [0.25, 0.3) is 0 Å². The second-order valence-electron chi connectivity index (χ2n) is 4.68. The molecule has 0 saturated heterocycles. The molecule has 1 aromatic carbocycles. The van der Waals surface area contributed by atoms with Crippen LogP contribution >= 0.6 is 0 Å². The first-order valence-corrected chi connectivity index (χ1v) is 8.03. The topological polar surface area (TPSA) is 74.7 Å². The van der Waals surface area contributed by atoms with Gasteiger partial charge in [0.2, 0.25) is 10.0 Å². The SMILES string of the molecule is CCCN(CC(=O)O)S(=O)(=O)Cc1cccc(C(F)(F)F)c1. The second kappa shape index (κ2) is 7.10. The van der Waals surface area contributed by atoms with Crippen LogP contribution in [0.15, 0.2) is 24.3 Å². The molecule has 0 saturated carbocycles. The van der Waals surface area contributed by atoms with E-state index in [-0.39, 0.29) is 12.1 Å². The summed E-state index contributed by atoms with van der Waals surface area (Å²) >= 11 is 0. The van der Waals surface area contributed by atoms with Crippen LogP contribution < -0.4 is 0 Å². The first-order valence-electron chi connectivity index (χ1n) is 6.42. The van der Waals surface area contributed by atoms with Gasteiger partial charge in [0.15, 0.2) is 0 Å². The fraction of sp³-hybridized carbons (Fsp3) is 0.462. The minimum Gasteiger partial charge on any atom is -0.480 e. The molecule has 0 amide bonds. The van der Waals surface area contributed by atoms with Gasteiger partial charge in [-0.1, -0.05) is 25.1 Å². The molecular formula is C13H16F3NO4S. The summed E-state index contributed by atoms with van der Waals surface area (Å²) in [5, 5.41) is 8.74. The van der Waals surface area contributed by atoms with Crippen molar-refractivity contribution >= 4 is 16.0 Å². The molecule has 1 N–H and O–H groups in total. The highest BCUT2D eigenvalue weighted by molar-refractivity contribution is 7.88. The molecule has 22 heavy (non-hydrogen) atoms. The van der Waals surface area contributed by atoms with Crippen LogP contribution in [0.1, 0.15) is 24.5 Å². The number of rotatable bonds is 7. The van der Waals surface area contributed by atoms with Gasteiger partial charge >= 0.3 is 12.1 Å². The number of sulfonamides is 1. The van der Waals surface area contributed by atoms with E-state index in [9.17, 15) is 26.4 Å². The lowest BCUT2D eigenvalue weighted by Crippen LogP contribution is -2.37. The largest absolute Gasteiger partial charge is 0.480 e. The molecule has 0 bridgehead atoms. The van der Waals surface area contributed by atoms with Crippen LogP contribution in [0, 0.1) is 0 Å². The Bertz CT molecular complexity index is 628. The number of halogens is 3. The fourth-order valence-electron chi connectivity index (χ4n) is 1.86. The Hall–Kier alpha value is -1.61. The minimum absolute atomic E-state index is 0.00635. The van der Waals surface area contributed by atoms with Crippen molar-refractivity contribution in [3.63, 3.8) is 0 Å². The van der Waals surface area contributed by atoms with Crippen LogP contribution in [-0.2, 0) is 26.7 Å². The number of hydrogen-bond donors (Lipinski definition) is 1. The standard InChI is InChI=1S/C13H16F3NO4S/c1-2-6-17(8-12(18)19)22(20,21)9-10-4-3-5-11(7-10)13(14,15)16/h3-5,7H,2,6,8-9H2,1H3,(H,18,19). The van der Waals surface area contributed by atoms with Gasteiger partial charge in [-0.2, -0.15) is 17.5 Å². The lowest BCUT2D eigenvalue weighted by molar-refractivity contribution is -0.138. The molecular weight excluding hydrogens is 323 g/mol. The van der Waals surface area contributed by atoms with Crippen molar-refractivity contribution in [2.24, 2.45) is 0 Å². The monoisotopic (exact) mass is 339 g/mol. The van der Waals surface area contributed by atoms with Crippen molar-refractivity contribution in [1.82, 2.24) is 4.31 Å². The number of alkyl halides is 3. The molecule has 0 aromatic heterocycles. The molecule has 5 nitrogen and oxygen atoms in total. The summed E-state index contributed by atoms with van der Waals surface area (Å²) in [7, 11) is -4.01. The Morgan fingerprint density at radius 2 is 1.95 bits per heavy atom. The smallest absolute Gasteiger partial charge is 0.416 e. The molecule has 1 rings (SSSR count).